The number of hydrogen-bond acceptors (Lipinski definition) is 3. The van der Waals surface area contributed by atoms with Crippen LogP contribution in [0, 0.1) is 0 Å². The fourth-order valence-corrected chi connectivity index (χ4v) is 0.666. The van der Waals surface area contributed by atoms with Gasteiger partial charge in [-0.05, 0) is 0 Å². The maximum absolute atomic E-state index is 12.3. The van der Waals surface area contributed by atoms with E-state index in [-0.39, 0.29) is 4.80 Å². The zero-order valence-electron chi connectivity index (χ0n) is 5.27. The van der Waals surface area contributed by atoms with Gasteiger partial charge in [0.1, 0.15) is 0 Å². The van der Waals surface area contributed by atoms with Crippen molar-refractivity contribution in [1.29, 1.82) is 0 Å². The van der Waals surface area contributed by atoms with Crippen molar-refractivity contribution in [2.24, 2.45) is 0 Å². The zero-order valence-corrected chi connectivity index (χ0v) is 6.86. The highest BCUT2D eigenvalue weighted by Gasteiger charge is 2.48. The predicted octanol–water partition coefficient (Wildman–Crippen LogP) is 2.19. The molecule has 8 heteroatoms. The number of nitrogens with zero attached hydrogens (tertiary/aromatic N) is 2. The van der Waals surface area contributed by atoms with Gasteiger partial charge in [0.25, 0.3) is 10.7 Å². The second kappa shape index (κ2) is 3.00. The van der Waals surface area contributed by atoms with Crippen LogP contribution in [0.5, 0.6) is 0 Å². The smallest absolute Gasteiger partial charge is 0.382 e. The van der Waals surface area contributed by atoms with Crippen LogP contribution in [0.25, 0.3) is 0 Å². The average molecular weight is 249 g/mol. The van der Waals surface area contributed by atoms with E-state index in [2.05, 4.69) is 30.5 Å². The maximum Gasteiger partial charge on any atom is 0.382 e. The summed E-state index contributed by atoms with van der Waals surface area (Å²) in [5, 5.41) is 5.67. The van der Waals surface area contributed by atoms with E-state index in [1.54, 1.807) is 0 Å². The molecule has 0 unspecified atom stereocenters. The first-order chi connectivity index (χ1) is 5.44. The summed E-state index contributed by atoms with van der Waals surface area (Å²) in [4.78, 5) is -0.363. The van der Waals surface area contributed by atoms with Crippen molar-refractivity contribution in [3.8, 4) is 0 Å². The van der Waals surface area contributed by atoms with Crippen molar-refractivity contribution in [3.05, 3.63) is 10.7 Å². The Balaban J connectivity index is 2.97. The molecule has 0 amide bonds. The van der Waals surface area contributed by atoms with Crippen LogP contribution in [0.3, 0.4) is 0 Å². The molecule has 0 fully saturated rings. The quantitative estimate of drug-likeness (QED) is 0.754. The minimum atomic E-state index is -4.39. The number of hydrogen-bond donors (Lipinski definition) is 0. The third kappa shape index (κ3) is 1.57. The van der Waals surface area contributed by atoms with E-state index in [1.807, 2.05) is 0 Å². The van der Waals surface area contributed by atoms with Crippen molar-refractivity contribution >= 4 is 15.9 Å². The molecule has 68 valence electrons. The summed E-state index contributed by atoms with van der Waals surface area (Å²) in [6.45, 7) is 0. The number of halogens is 5. The minimum Gasteiger partial charge on any atom is -0.409 e. The normalized spacial score (nSPS) is 12.5. The lowest BCUT2D eigenvalue weighted by Gasteiger charge is -2.08. The first kappa shape index (κ1) is 9.43. The average Bonchev–Trinajstić information content (AvgIpc) is 2.35. The van der Waals surface area contributed by atoms with Gasteiger partial charge in [-0.15, -0.1) is 10.2 Å². The Hall–Kier alpha value is -0.660. The number of alkyl halides is 4. The van der Waals surface area contributed by atoms with E-state index in [4.69, 9.17) is 0 Å². The molecule has 0 radical (unpaired) electrons. The Bertz CT molecular complexity index is 276. The Morgan fingerprint density at radius 1 is 1.33 bits per heavy atom. The Kier molecular flexibility index (Phi) is 2.36. The van der Waals surface area contributed by atoms with E-state index in [9.17, 15) is 17.6 Å². The van der Waals surface area contributed by atoms with Crippen molar-refractivity contribution < 1.29 is 22.0 Å². The highest BCUT2D eigenvalue weighted by atomic mass is 79.9. The lowest BCUT2D eigenvalue weighted by molar-refractivity contribution is -0.151. The Labute approximate surface area is 71.9 Å². The van der Waals surface area contributed by atoms with Crippen LogP contribution in [0.2, 0.25) is 0 Å². The molecular formula is C4HBrF4N2O. The van der Waals surface area contributed by atoms with Crippen molar-refractivity contribution in [3.63, 3.8) is 0 Å². The maximum atomic E-state index is 12.3. The summed E-state index contributed by atoms with van der Waals surface area (Å²) >= 11 is 2.56. The monoisotopic (exact) mass is 248 g/mol. The molecule has 0 N–H and O–H groups in total. The summed E-state index contributed by atoms with van der Waals surface area (Å²) < 4.78 is 52.0. The van der Waals surface area contributed by atoms with Gasteiger partial charge in [-0.3, -0.25) is 0 Å². The van der Waals surface area contributed by atoms with Gasteiger partial charge >= 0.3 is 12.3 Å². The first-order valence-corrected chi connectivity index (χ1v) is 3.39. The second-order valence-electron chi connectivity index (χ2n) is 1.78. The highest BCUT2D eigenvalue weighted by Crippen LogP contribution is 2.33. The van der Waals surface area contributed by atoms with Crippen LogP contribution < -0.4 is 0 Å². The topological polar surface area (TPSA) is 38.9 Å². The van der Waals surface area contributed by atoms with Gasteiger partial charge in [0.05, 0.1) is 0 Å². The van der Waals surface area contributed by atoms with Crippen LogP contribution in [0.1, 0.15) is 5.89 Å². The Morgan fingerprint density at radius 3 is 2.25 bits per heavy atom. The summed E-state index contributed by atoms with van der Waals surface area (Å²) in [7, 11) is 0. The van der Waals surface area contributed by atoms with Gasteiger partial charge in [-0.1, -0.05) is 0 Å². The third-order valence-electron chi connectivity index (χ3n) is 0.960. The SMILES string of the molecule is FC(F)C(F)(F)c1nnc(Br)o1. The van der Waals surface area contributed by atoms with Gasteiger partial charge in [-0.25, -0.2) is 8.78 Å². The van der Waals surface area contributed by atoms with Crippen LogP contribution >= 0.6 is 15.9 Å². The summed E-state index contributed by atoms with van der Waals surface area (Å²) in [5.74, 6) is -5.79. The molecule has 0 saturated carbocycles. The summed E-state index contributed by atoms with van der Waals surface area (Å²) in [5.41, 5.74) is 0. The molecular weight excluding hydrogens is 248 g/mol. The first-order valence-electron chi connectivity index (χ1n) is 2.60. The van der Waals surface area contributed by atoms with Gasteiger partial charge < -0.3 is 4.42 Å². The van der Waals surface area contributed by atoms with Crippen molar-refractivity contribution in [2.75, 3.05) is 0 Å². The van der Waals surface area contributed by atoms with E-state index in [0.29, 0.717) is 0 Å². The molecule has 0 bridgehead atoms. The van der Waals surface area contributed by atoms with E-state index < -0.39 is 18.2 Å². The van der Waals surface area contributed by atoms with Gasteiger partial charge in [0.2, 0.25) is 0 Å². The molecule has 1 rings (SSSR count). The number of rotatable bonds is 2. The van der Waals surface area contributed by atoms with E-state index >= 15 is 0 Å². The largest absolute Gasteiger partial charge is 0.409 e. The van der Waals surface area contributed by atoms with Crippen LogP contribution in [-0.4, -0.2) is 16.6 Å². The van der Waals surface area contributed by atoms with Gasteiger partial charge in [0, 0.05) is 15.9 Å². The molecule has 1 aromatic rings. The van der Waals surface area contributed by atoms with E-state index in [1.165, 1.54) is 0 Å². The molecule has 0 aliphatic heterocycles. The lowest BCUT2D eigenvalue weighted by atomic mass is 10.3. The van der Waals surface area contributed by atoms with Crippen molar-refractivity contribution in [1.82, 2.24) is 10.2 Å². The zero-order chi connectivity index (χ0) is 9.35. The van der Waals surface area contributed by atoms with Gasteiger partial charge in [0.15, 0.2) is 0 Å². The molecule has 12 heavy (non-hydrogen) atoms. The van der Waals surface area contributed by atoms with Crippen molar-refractivity contribution in [2.45, 2.75) is 12.3 Å². The van der Waals surface area contributed by atoms with Crippen LogP contribution in [-0.2, 0) is 5.92 Å². The molecule has 0 aliphatic carbocycles. The predicted molar refractivity (Wildman–Crippen MR) is 31.9 cm³/mol. The fourth-order valence-electron chi connectivity index (χ4n) is 0.433. The molecule has 0 aliphatic rings. The van der Waals surface area contributed by atoms with Crippen LogP contribution in [0.4, 0.5) is 17.6 Å². The standard InChI is InChI=1S/C4HBrF4N2O/c5-3-11-10-2(12-3)4(8,9)1(6)7/h1H. The molecule has 0 aromatic carbocycles. The van der Waals surface area contributed by atoms with E-state index in [0.717, 1.165) is 0 Å². The second-order valence-corrected chi connectivity index (χ2v) is 2.46. The van der Waals surface area contributed by atoms with Crippen LogP contribution in [0.15, 0.2) is 9.22 Å². The minimum absolute atomic E-state index is 0.363. The molecule has 0 atom stereocenters. The molecule has 1 aromatic heterocycles. The third-order valence-corrected chi connectivity index (χ3v) is 1.28. The highest BCUT2D eigenvalue weighted by molar-refractivity contribution is 9.10. The van der Waals surface area contributed by atoms with Gasteiger partial charge in [-0.2, -0.15) is 8.78 Å². The Morgan fingerprint density at radius 2 is 1.92 bits per heavy atom. The molecule has 1 heterocycles. The molecule has 0 saturated heterocycles. The molecule has 3 nitrogen and oxygen atoms in total. The number of aromatic nitrogens is 2. The fraction of sp³-hybridized carbons (Fsp3) is 0.500. The summed E-state index contributed by atoms with van der Waals surface area (Å²) in [6.07, 6.45) is -3.86. The lowest BCUT2D eigenvalue weighted by Crippen LogP contribution is -2.23. The molecule has 0 spiro atoms. The summed E-state index contributed by atoms with van der Waals surface area (Å²) in [6, 6.07) is 0.